The number of benzene rings is 1. The summed E-state index contributed by atoms with van der Waals surface area (Å²) in [6.45, 7) is 2.19. The Balaban J connectivity index is 2.05. The van der Waals surface area contributed by atoms with Crippen molar-refractivity contribution in [1.29, 1.82) is 0 Å². The first-order chi connectivity index (χ1) is 10.8. The Morgan fingerprint density at radius 1 is 1.14 bits per heavy atom. The summed E-state index contributed by atoms with van der Waals surface area (Å²) in [6.07, 6.45) is 3.01. The highest BCUT2D eigenvalue weighted by Gasteiger charge is 2.10. The summed E-state index contributed by atoms with van der Waals surface area (Å²) >= 11 is 0. The Morgan fingerprint density at radius 2 is 1.91 bits per heavy atom. The second kappa shape index (κ2) is 6.20. The van der Waals surface area contributed by atoms with Gasteiger partial charge in [0.25, 0.3) is 0 Å². The fourth-order valence-electron chi connectivity index (χ4n) is 2.91. The van der Waals surface area contributed by atoms with Crippen LogP contribution >= 0.6 is 0 Å². The number of hydrogen-bond acceptors (Lipinski definition) is 3. The van der Waals surface area contributed by atoms with Crippen molar-refractivity contribution in [2.45, 2.75) is 19.4 Å². The van der Waals surface area contributed by atoms with Gasteiger partial charge in [0.15, 0.2) is 0 Å². The highest BCUT2D eigenvalue weighted by atomic mass is 15.0. The van der Waals surface area contributed by atoms with E-state index in [4.69, 9.17) is 0 Å². The van der Waals surface area contributed by atoms with Crippen LogP contribution in [0.2, 0.25) is 0 Å². The Kier molecular flexibility index (Phi) is 4.11. The fourth-order valence-corrected chi connectivity index (χ4v) is 2.91. The SMILES string of the molecule is CC[C@@H](NC)c1ccc(-c2cc(NC)nc3[nH]ccc23)cc1. The summed E-state index contributed by atoms with van der Waals surface area (Å²) in [5, 5.41) is 7.62. The van der Waals surface area contributed by atoms with Crippen LogP contribution in [0.3, 0.4) is 0 Å². The van der Waals surface area contributed by atoms with Crippen LogP contribution in [0.5, 0.6) is 0 Å². The highest BCUT2D eigenvalue weighted by Crippen LogP contribution is 2.30. The second-order valence-electron chi connectivity index (χ2n) is 5.42. The lowest BCUT2D eigenvalue weighted by Gasteiger charge is -2.15. The molecule has 0 aliphatic carbocycles. The third-order valence-electron chi connectivity index (χ3n) is 4.17. The summed E-state index contributed by atoms with van der Waals surface area (Å²) in [7, 11) is 3.90. The predicted octanol–water partition coefficient (Wildman–Crippen LogP) is 3.94. The van der Waals surface area contributed by atoms with Crippen LogP contribution in [-0.4, -0.2) is 24.1 Å². The number of hydrogen-bond donors (Lipinski definition) is 3. The molecule has 1 atom stereocenters. The Labute approximate surface area is 131 Å². The van der Waals surface area contributed by atoms with E-state index < -0.39 is 0 Å². The zero-order chi connectivity index (χ0) is 15.5. The second-order valence-corrected chi connectivity index (χ2v) is 5.42. The Bertz CT molecular complexity index is 754. The maximum Gasteiger partial charge on any atom is 0.140 e. The monoisotopic (exact) mass is 294 g/mol. The number of H-pyrrole nitrogens is 1. The van der Waals surface area contributed by atoms with Crippen LogP contribution < -0.4 is 10.6 Å². The lowest BCUT2D eigenvalue weighted by atomic mass is 9.98. The molecule has 0 saturated carbocycles. The smallest absolute Gasteiger partial charge is 0.140 e. The predicted molar refractivity (Wildman–Crippen MR) is 93.2 cm³/mol. The molecule has 4 nitrogen and oxygen atoms in total. The van der Waals surface area contributed by atoms with E-state index >= 15 is 0 Å². The molecule has 0 bridgehead atoms. The van der Waals surface area contributed by atoms with Crippen LogP contribution in [0.25, 0.3) is 22.2 Å². The van der Waals surface area contributed by atoms with Gasteiger partial charge in [-0.15, -0.1) is 0 Å². The molecule has 0 fully saturated rings. The van der Waals surface area contributed by atoms with Crippen LogP contribution in [-0.2, 0) is 0 Å². The van der Waals surface area contributed by atoms with Crippen molar-refractivity contribution in [3.63, 3.8) is 0 Å². The Morgan fingerprint density at radius 3 is 2.55 bits per heavy atom. The molecule has 0 radical (unpaired) electrons. The molecule has 22 heavy (non-hydrogen) atoms. The molecular weight excluding hydrogens is 272 g/mol. The van der Waals surface area contributed by atoms with Gasteiger partial charge in [-0.1, -0.05) is 31.2 Å². The molecule has 4 heteroatoms. The number of anilines is 1. The van der Waals surface area contributed by atoms with Gasteiger partial charge in [-0.05, 0) is 42.3 Å². The average Bonchev–Trinajstić information content (AvgIpc) is 3.04. The summed E-state index contributed by atoms with van der Waals surface area (Å²) in [5.41, 5.74) is 4.63. The summed E-state index contributed by atoms with van der Waals surface area (Å²) in [5.74, 6) is 0.871. The van der Waals surface area contributed by atoms with Gasteiger partial charge in [0.1, 0.15) is 11.5 Å². The molecule has 0 saturated heterocycles. The first-order valence-electron chi connectivity index (χ1n) is 7.70. The molecule has 2 heterocycles. The van der Waals surface area contributed by atoms with Gasteiger partial charge in [-0.3, -0.25) is 0 Å². The number of aromatic amines is 1. The number of nitrogens with zero attached hydrogens (tertiary/aromatic N) is 1. The van der Waals surface area contributed by atoms with E-state index in [1.54, 1.807) is 0 Å². The van der Waals surface area contributed by atoms with Crippen molar-refractivity contribution in [1.82, 2.24) is 15.3 Å². The van der Waals surface area contributed by atoms with Crippen LogP contribution in [0.4, 0.5) is 5.82 Å². The third kappa shape index (κ3) is 2.57. The van der Waals surface area contributed by atoms with Gasteiger partial charge in [0.05, 0.1) is 0 Å². The van der Waals surface area contributed by atoms with Gasteiger partial charge in [-0.25, -0.2) is 4.98 Å². The van der Waals surface area contributed by atoms with Gasteiger partial charge >= 0.3 is 0 Å². The number of pyridine rings is 1. The minimum atomic E-state index is 0.409. The lowest BCUT2D eigenvalue weighted by Crippen LogP contribution is -2.14. The van der Waals surface area contributed by atoms with Crippen molar-refractivity contribution < 1.29 is 0 Å². The largest absolute Gasteiger partial charge is 0.373 e. The number of aromatic nitrogens is 2. The standard InChI is InChI=1S/C18H22N4/c1-4-16(19-2)13-7-5-12(6-8-13)15-11-17(20-3)22-18-14(15)9-10-21-18/h5-11,16,19H,4H2,1-3H3,(H2,20,21,22)/t16-/m1/s1. The molecule has 0 aliphatic heterocycles. The van der Waals surface area contributed by atoms with Crippen molar-refractivity contribution in [3.8, 4) is 11.1 Å². The lowest BCUT2D eigenvalue weighted by molar-refractivity contribution is 0.577. The molecular formula is C18H22N4. The summed E-state index contributed by atoms with van der Waals surface area (Å²) in [6, 6.07) is 13.4. The number of rotatable bonds is 5. The van der Waals surface area contributed by atoms with Gasteiger partial charge in [-0.2, -0.15) is 0 Å². The maximum absolute atomic E-state index is 4.54. The van der Waals surface area contributed by atoms with E-state index in [0.29, 0.717) is 6.04 Å². The van der Waals surface area contributed by atoms with E-state index in [2.05, 4.69) is 63.9 Å². The molecule has 0 unspecified atom stereocenters. The topological polar surface area (TPSA) is 52.7 Å². The van der Waals surface area contributed by atoms with Crippen molar-refractivity contribution in [2.24, 2.45) is 0 Å². The molecule has 0 spiro atoms. The molecule has 3 rings (SSSR count). The van der Waals surface area contributed by atoms with Crippen molar-refractivity contribution in [3.05, 3.63) is 48.2 Å². The minimum absolute atomic E-state index is 0.409. The van der Waals surface area contributed by atoms with Crippen LogP contribution in [0.1, 0.15) is 24.9 Å². The zero-order valence-corrected chi connectivity index (χ0v) is 13.3. The average molecular weight is 294 g/mol. The minimum Gasteiger partial charge on any atom is -0.373 e. The Hall–Kier alpha value is -2.33. The molecule has 2 aromatic heterocycles. The first kappa shape index (κ1) is 14.6. The first-order valence-corrected chi connectivity index (χ1v) is 7.70. The number of nitrogens with one attached hydrogen (secondary N) is 3. The van der Waals surface area contributed by atoms with Crippen LogP contribution in [0.15, 0.2) is 42.6 Å². The van der Waals surface area contributed by atoms with E-state index in [1.165, 1.54) is 16.7 Å². The van der Waals surface area contributed by atoms with E-state index in [0.717, 1.165) is 23.3 Å². The molecule has 114 valence electrons. The van der Waals surface area contributed by atoms with Crippen LogP contribution in [0, 0.1) is 0 Å². The van der Waals surface area contributed by atoms with E-state index in [1.807, 2.05) is 20.3 Å². The molecule has 1 aromatic carbocycles. The molecule has 0 aliphatic rings. The molecule has 0 amide bonds. The van der Waals surface area contributed by atoms with E-state index in [-0.39, 0.29) is 0 Å². The molecule has 3 N–H and O–H groups in total. The van der Waals surface area contributed by atoms with Gasteiger partial charge < -0.3 is 15.6 Å². The summed E-state index contributed by atoms with van der Waals surface area (Å²) in [4.78, 5) is 7.73. The van der Waals surface area contributed by atoms with Crippen molar-refractivity contribution >= 4 is 16.9 Å². The quantitative estimate of drug-likeness (QED) is 0.668. The zero-order valence-electron chi connectivity index (χ0n) is 13.3. The third-order valence-corrected chi connectivity index (χ3v) is 4.17. The van der Waals surface area contributed by atoms with E-state index in [9.17, 15) is 0 Å². The molecule has 3 aromatic rings. The summed E-state index contributed by atoms with van der Waals surface area (Å²) < 4.78 is 0. The van der Waals surface area contributed by atoms with Crippen molar-refractivity contribution in [2.75, 3.05) is 19.4 Å². The number of fused-ring (bicyclic) bond motifs is 1. The highest BCUT2D eigenvalue weighted by molar-refractivity contribution is 5.94. The maximum atomic E-state index is 4.54. The fraction of sp³-hybridized carbons (Fsp3) is 0.278. The van der Waals surface area contributed by atoms with Gasteiger partial charge in [0.2, 0.25) is 0 Å². The normalized spacial score (nSPS) is 12.5. The van der Waals surface area contributed by atoms with Gasteiger partial charge in [0, 0.05) is 24.7 Å².